The van der Waals surface area contributed by atoms with E-state index in [1.54, 1.807) is 5.30 Å². The minimum absolute atomic E-state index is 0.214. The van der Waals surface area contributed by atoms with E-state index in [-0.39, 0.29) is 14.0 Å². The molecule has 2 aliphatic carbocycles. The highest BCUT2D eigenvalue weighted by molar-refractivity contribution is 7.67. The molecule has 2 aliphatic rings. The van der Waals surface area contributed by atoms with E-state index in [9.17, 15) is 0 Å². The Balaban J connectivity index is 1.39. The fraction of sp³-hybridized carbons (Fsp3) is 0.289. The average molecular weight is 633 g/mol. The molecule has 2 fully saturated rings. The summed E-state index contributed by atoms with van der Waals surface area (Å²) < 4.78 is 7.36. The summed E-state index contributed by atoms with van der Waals surface area (Å²) >= 11 is 0. The topological polar surface area (TPSA) is 9.23 Å². The third-order valence-electron chi connectivity index (χ3n) is 10.7. The van der Waals surface area contributed by atoms with E-state index in [1.807, 2.05) is 0 Å². The van der Waals surface area contributed by atoms with Gasteiger partial charge in [0.25, 0.3) is 0 Å². The summed E-state index contributed by atoms with van der Waals surface area (Å²) in [6.45, 7) is 0. The Bertz CT molecular complexity index is 1880. The van der Waals surface area contributed by atoms with Crippen LogP contribution in [-0.4, -0.2) is 11.3 Å². The Morgan fingerprint density at radius 2 is 0.915 bits per heavy atom. The molecule has 0 atom stereocenters. The Morgan fingerprint density at radius 3 is 1.47 bits per heavy atom. The molecule has 0 spiro atoms. The lowest BCUT2D eigenvalue weighted by Gasteiger charge is -2.40. The van der Waals surface area contributed by atoms with Gasteiger partial charge in [0, 0.05) is 11.1 Å². The quantitative estimate of drug-likeness (QED) is 0.152. The number of hydrogen-bond donors (Lipinski definition) is 0. The molecule has 0 aromatic heterocycles. The molecule has 2 heteroatoms. The smallest absolute Gasteiger partial charge is 0.149 e. The van der Waals surface area contributed by atoms with Crippen LogP contribution >= 0.6 is 7.92 Å². The van der Waals surface area contributed by atoms with Crippen molar-refractivity contribution < 1.29 is 4.74 Å². The van der Waals surface area contributed by atoms with Crippen molar-refractivity contribution in [3.8, 4) is 16.9 Å². The van der Waals surface area contributed by atoms with Crippen LogP contribution in [0.3, 0.4) is 0 Å². The van der Waals surface area contributed by atoms with Crippen LogP contribution in [0.1, 0.15) is 81.4 Å². The summed E-state index contributed by atoms with van der Waals surface area (Å²) in [5.74, 6) is 0.973. The van der Waals surface area contributed by atoms with Crippen molar-refractivity contribution in [1.82, 2.24) is 0 Å². The predicted octanol–water partition coefficient (Wildman–Crippen LogP) is 12.6. The van der Waals surface area contributed by atoms with Crippen LogP contribution in [0, 0.1) is 0 Å². The van der Waals surface area contributed by atoms with E-state index >= 15 is 0 Å². The molecule has 6 aromatic rings. The molecule has 8 rings (SSSR count). The largest absolute Gasteiger partial charge is 0.480 e. The average Bonchev–Trinajstić information content (AvgIpc) is 3.15. The number of rotatable bonds is 8. The van der Waals surface area contributed by atoms with Gasteiger partial charge in [0.05, 0.1) is 0 Å². The molecule has 0 N–H and O–H groups in total. The van der Waals surface area contributed by atoms with Crippen LogP contribution in [0.25, 0.3) is 32.7 Å². The lowest BCUT2D eigenvalue weighted by molar-refractivity contribution is 0.249. The zero-order valence-corrected chi connectivity index (χ0v) is 28.3. The van der Waals surface area contributed by atoms with E-state index in [2.05, 4.69) is 133 Å². The van der Waals surface area contributed by atoms with Gasteiger partial charge in [-0.3, -0.25) is 0 Å². The van der Waals surface area contributed by atoms with Gasteiger partial charge in [-0.2, -0.15) is 0 Å². The van der Waals surface area contributed by atoms with Crippen LogP contribution in [0.5, 0.6) is 5.75 Å². The standard InChI is InChI=1S/C45H45OP/c1-5-19-35(20-6-1)45(36-21-7-2-8-22-36)46-41-31-29-33-17-13-15-27-39(33)43(41)44-40-28-16-14-18-34(40)30-32-42(44)47(37-23-9-3-10-24-37)38-25-11-4-12-26-38/h1-2,5-8,13-22,27-32,37-38,45H,3-4,9-12,23-26H2. The molecule has 0 heterocycles. The van der Waals surface area contributed by atoms with Gasteiger partial charge >= 0.3 is 0 Å². The summed E-state index contributed by atoms with van der Waals surface area (Å²) in [4.78, 5) is 0. The van der Waals surface area contributed by atoms with Gasteiger partial charge in [-0.15, -0.1) is 0 Å². The molecule has 236 valence electrons. The van der Waals surface area contributed by atoms with Gasteiger partial charge in [0.15, 0.2) is 0 Å². The van der Waals surface area contributed by atoms with Crippen LogP contribution in [0.4, 0.5) is 0 Å². The van der Waals surface area contributed by atoms with E-state index in [0.29, 0.717) is 0 Å². The van der Waals surface area contributed by atoms with Crippen LogP contribution in [0.15, 0.2) is 133 Å². The first kappa shape index (κ1) is 30.4. The lowest BCUT2D eigenvalue weighted by Crippen LogP contribution is -2.27. The minimum atomic E-state index is -0.341. The zero-order chi connectivity index (χ0) is 31.4. The molecule has 6 aromatic carbocycles. The maximum Gasteiger partial charge on any atom is 0.149 e. The molecule has 0 saturated heterocycles. The molecule has 2 saturated carbocycles. The molecule has 47 heavy (non-hydrogen) atoms. The summed E-state index contributed by atoms with van der Waals surface area (Å²) in [5.41, 5.74) is 6.65. The van der Waals surface area contributed by atoms with Crippen LogP contribution in [-0.2, 0) is 0 Å². The van der Waals surface area contributed by atoms with Crippen molar-refractivity contribution in [3.63, 3.8) is 0 Å². The van der Waals surface area contributed by atoms with Crippen molar-refractivity contribution in [2.45, 2.75) is 81.6 Å². The molecule has 0 amide bonds. The van der Waals surface area contributed by atoms with Gasteiger partial charge in [-0.25, -0.2) is 0 Å². The van der Waals surface area contributed by atoms with Gasteiger partial charge < -0.3 is 4.74 Å². The highest BCUT2D eigenvalue weighted by atomic mass is 31.1. The highest BCUT2D eigenvalue weighted by Gasteiger charge is 2.35. The molecule has 1 nitrogen and oxygen atoms in total. The third-order valence-corrected chi connectivity index (χ3v) is 14.2. The van der Waals surface area contributed by atoms with E-state index in [0.717, 1.165) is 17.1 Å². The Hall–Kier alpha value is -3.93. The van der Waals surface area contributed by atoms with Crippen molar-refractivity contribution in [2.24, 2.45) is 0 Å². The molecular formula is C45H45OP. The summed E-state index contributed by atoms with van der Waals surface area (Å²) in [5, 5.41) is 6.85. The zero-order valence-electron chi connectivity index (χ0n) is 27.4. The summed E-state index contributed by atoms with van der Waals surface area (Å²) in [6, 6.07) is 49.1. The maximum atomic E-state index is 7.36. The Labute approximate surface area is 281 Å². The van der Waals surface area contributed by atoms with Crippen molar-refractivity contribution >= 4 is 34.8 Å². The summed E-state index contributed by atoms with van der Waals surface area (Å²) in [7, 11) is -0.341. The second kappa shape index (κ2) is 14.0. The molecule has 0 unspecified atom stereocenters. The lowest BCUT2D eigenvalue weighted by atomic mass is 9.92. The van der Waals surface area contributed by atoms with Gasteiger partial charge in [0.2, 0.25) is 0 Å². The minimum Gasteiger partial charge on any atom is -0.480 e. The normalized spacial score (nSPS) is 16.3. The van der Waals surface area contributed by atoms with Gasteiger partial charge in [0.1, 0.15) is 11.9 Å². The predicted molar refractivity (Wildman–Crippen MR) is 203 cm³/mol. The Morgan fingerprint density at radius 1 is 0.447 bits per heavy atom. The molecule has 0 aliphatic heterocycles. The Kier molecular flexibility index (Phi) is 9.09. The van der Waals surface area contributed by atoms with Gasteiger partial charge in [-0.1, -0.05) is 174 Å². The monoisotopic (exact) mass is 632 g/mol. The van der Waals surface area contributed by atoms with E-state index < -0.39 is 0 Å². The fourth-order valence-electron chi connectivity index (χ4n) is 8.47. The second-order valence-corrected chi connectivity index (χ2v) is 16.4. The van der Waals surface area contributed by atoms with Crippen molar-refractivity contribution in [2.75, 3.05) is 0 Å². The van der Waals surface area contributed by atoms with Crippen molar-refractivity contribution in [3.05, 3.63) is 145 Å². The van der Waals surface area contributed by atoms with Crippen molar-refractivity contribution in [1.29, 1.82) is 0 Å². The molecule has 0 bridgehead atoms. The highest BCUT2D eigenvalue weighted by Crippen LogP contribution is 2.58. The SMILES string of the molecule is c1ccc(C(Oc2ccc3ccccc3c2-c2c(P(C3CCCCC3)C3CCCCC3)ccc3ccccc23)c2ccccc2)cc1. The first-order valence-corrected chi connectivity index (χ1v) is 19.4. The first-order chi connectivity index (χ1) is 23.3. The number of ether oxygens (including phenoxy) is 1. The maximum absolute atomic E-state index is 7.36. The fourth-order valence-corrected chi connectivity index (χ4v) is 12.4. The third kappa shape index (κ3) is 6.24. The van der Waals surface area contributed by atoms with Crippen LogP contribution in [0.2, 0.25) is 0 Å². The number of hydrogen-bond acceptors (Lipinski definition) is 1. The van der Waals surface area contributed by atoms with Crippen LogP contribution < -0.4 is 10.0 Å². The second-order valence-electron chi connectivity index (χ2n) is 13.7. The molecule has 0 radical (unpaired) electrons. The van der Waals surface area contributed by atoms with Gasteiger partial charge in [-0.05, 0) is 81.0 Å². The first-order valence-electron chi connectivity index (χ1n) is 17.9. The number of benzene rings is 6. The van der Waals surface area contributed by atoms with E-state index in [1.165, 1.54) is 108 Å². The summed E-state index contributed by atoms with van der Waals surface area (Å²) in [6.07, 6.45) is 13.7. The number of fused-ring (bicyclic) bond motifs is 2. The van der Waals surface area contributed by atoms with E-state index in [4.69, 9.17) is 4.74 Å². The molecular weight excluding hydrogens is 587 g/mol.